The van der Waals surface area contributed by atoms with E-state index >= 15 is 0 Å². The number of nitrogens with zero attached hydrogens (tertiary/aromatic N) is 2. The molecule has 0 radical (unpaired) electrons. The summed E-state index contributed by atoms with van der Waals surface area (Å²) in [6, 6.07) is 18.1. The molecule has 9 nitrogen and oxygen atoms in total. The van der Waals surface area contributed by atoms with Gasteiger partial charge in [0.2, 0.25) is 17.7 Å². The second kappa shape index (κ2) is 11.6. The average Bonchev–Trinajstić information content (AvgIpc) is 3.88. The maximum Gasteiger partial charge on any atom is 0.338 e. The molecule has 1 N–H and O–H groups in total. The van der Waals surface area contributed by atoms with E-state index in [-0.39, 0.29) is 76.5 Å². The Labute approximate surface area is 282 Å². The number of aromatic nitrogens is 1. The van der Waals surface area contributed by atoms with Gasteiger partial charge in [-0.3, -0.25) is 28.6 Å². The Morgan fingerprint density at radius 3 is 2.36 bits per heavy atom. The number of nitrogens with one attached hydrogen (secondary N) is 1. The predicted octanol–water partition coefficient (Wildman–Crippen LogP) is 5.77. The topological polar surface area (TPSA) is 115 Å². The number of amides is 3. The molecule has 2 aliphatic carbocycles. The Bertz CT molecular complexity index is 1970. The van der Waals surface area contributed by atoms with Gasteiger partial charge < -0.3 is 10.1 Å². The number of carbonyl (C=O) groups excluding carboxylic acids is 4. The van der Waals surface area contributed by atoms with Gasteiger partial charge in [0.25, 0.3) is 0 Å². The van der Waals surface area contributed by atoms with Crippen LogP contribution in [0.5, 0.6) is 0 Å². The number of thiophene rings is 1. The summed E-state index contributed by atoms with van der Waals surface area (Å²) in [5.74, 6) is -1.71. The minimum atomic E-state index is -0.434. The van der Waals surface area contributed by atoms with Gasteiger partial charge in [0.15, 0.2) is 0 Å². The number of thioether (sulfide) groups is 1. The molecule has 2 aromatic carbocycles. The van der Waals surface area contributed by atoms with Crippen molar-refractivity contribution in [3.8, 4) is 0 Å². The largest absolute Gasteiger partial charge is 0.462 e. The van der Waals surface area contributed by atoms with Crippen LogP contribution in [0.1, 0.15) is 44.9 Å². The van der Waals surface area contributed by atoms with Gasteiger partial charge in [-0.2, -0.15) is 0 Å². The zero-order valence-corrected chi connectivity index (χ0v) is 28.0. The van der Waals surface area contributed by atoms with Crippen molar-refractivity contribution in [1.82, 2.24) is 4.57 Å². The number of hydrogen-bond donors (Lipinski definition) is 1. The van der Waals surface area contributed by atoms with Crippen molar-refractivity contribution in [3.63, 3.8) is 0 Å². The summed E-state index contributed by atoms with van der Waals surface area (Å²) in [5.41, 5.74) is 2.58. The molecule has 7 atom stereocenters. The van der Waals surface area contributed by atoms with Crippen LogP contribution in [0.2, 0.25) is 0 Å². The number of aryl methyl sites for hydroxylation is 1. The number of hydrogen-bond acceptors (Lipinski definition) is 9. The molecule has 2 aromatic heterocycles. The molecule has 1 saturated heterocycles. The fourth-order valence-electron chi connectivity index (χ4n) is 8.24. The average molecular weight is 686 g/mol. The molecule has 8 rings (SSSR count). The van der Waals surface area contributed by atoms with E-state index < -0.39 is 5.97 Å². The second-order valence-corrected chi connectivity index (χ2v) is 15.7. The third-order valence-electron chi connectivity index (χ3n) is 10.1. The molecule has 2 aliphatic heterocycles. The fraction of sp³-hybridized carbons (Fsp3) is 0.343. The van der Waals surface area contributed by atoms with Crippen molar-refractivity contribution in [2.24, 2.45) is 29.6 Å². The molecule has 4 heterocycles. The van der Waals surface area contributed by atoms with Gasteiger partial charge in [-0.05, 0) is 85.9 Å². The number of carbonyl (C=O) groups is 4. The van der Waals surface area contributed by atoms with Gasteiger partial charge in [0.05, 0.1) is 34.7 Å². The number of anilines is 2. The minimum Gasteiger partial charge on any atom is -0.462 e. The van der Waals surface area contributed by atoms with Crippen LogP contribution in [0.4, 0.5) is 11.4 Å². The second-order valence-electron chi connectivity index (χ2n) is 12.6. The highest BCUT2D eigenvalue weighted by atomic mass is 32.2. The lowest BCUT2D eigenvalue weighted by Gasteiger charge is -2.42. The highest BCUT2D eigenvalue weighted by Crippen LogP contribution is 2.69. The Balaban J connectivity index is 1.10. The normalized spacial score (nSPS) is 27.0. The number of fused-ring (bicyclic) bond motifs is 9. The molecule has 240 valence electrons. The van der Waals surface area contributed by atoms with Crippen LogP contribution in [-0.2, 0) is 25.7 Å². The summed E-state index contributed by atoms with van der Waals surface area (Å²) in [6.07, 6.45) is 0.806. The summed E-state index contributed by atoms with van der Waals surface area (Å²) in [6.45, 7) is 3.82. The third kappa shape index (κ3) is 4.83. The Hall–Kier alpha value is -4.00. The van der Waals surface area contributed by atoms with Gasteiger partial charge in [-0.25, -0.2) is 4.79 Å². The Morgan fingerprint density at radius 2 is 1.68 bits per heavy atom. The number of thiazole rings is 1. The monoisotopic (exact) mass is 685 g/mol. The zero-order valence-electron chi connectivity index (χ0n) is 25.6. The summed E-state index contributed by atoms with van der Waals surface area (Å²) in [7, 11) is 0. The predicted molar refractivity (Wildman–Crippen MR) is 181 cm³/mol. The summed E-state index contributed by atoms with van der Waals surface area (Å²) < 4.78 is 6.59. The van der Waals surface area contributed by atoms with E-state index in [0.29, 0.717) is 16.9 Å². The van der Waals surface area contributed by atoms with Crippen molar-refractivity contribution in [2.75, 3.05) is 16.8 Å². The lowest BCUT2D eigenvalue weighted by molar-refractivity contribution is -0.123. The molecular weight excluding hydrogens is 655 g/mol. The summed E-state index contributed by atoms with van der Waals surface area (Å²) >= 11 is 4.44. The Kier molecular flexibility index (Phi) is 7.49. The van der Waals surface area contributed by atoms with E-state index in [1.807, 2.05) is 42.6 Å². The van der Waals surface area contributed by atoms with Crippen molar-refractivity contribution < 1.29 is 23.9 Å². The third-order valence-corrected chi connectivity index (χ3v) is 13.8. The van der Waals surface area contributed by atoms with Crippen LogP contribution in [-0.4, -0.2) is 40.1 Å². The van der Waals surface area contributed by atoms with Crippen molar-refractivity contribution in [1.29, 1.82) is 0 Å². The van der Waals surface area contributed by atoms with Gasteiger partial charge in [-0.1, -0.05) is 35.1 Å². The number of imide groups is 1. The standard InChI is InChI=1S/C35H31N3O6S3/c1-3-44-34(42)18-8-10-19(11-9-18)36-24(39)16-37-33-30(47-35(37)43)28(23-5-4-14-45-23)25-21-15-22(29(25)46-33)27-26(21)31(40)38(32(27)41)20-12-6-17(2)7-13-20/h4-14,21-22,25-29H,3,15-16H2,1-2H3,(H,36,39). The first kappa shape index (κ1) is 30.3. The summed E-state index contributed by atoms with van der Waals surface area (Å²) in [4.78, 5) is 70.0. The Morgan fingerprint density at radius 1 is 0.957 bits per heavy atom. The highest BCUT2D eigenvalue weighted by Gasteiger charge is 2.70. The lowest BCUT2D eigenvalue weighted by Crippen LogP contribution is -2.43. The smallest absolute Gasteiger partial charge is 0.338 e. The van der Waals surface area contributed by atoms with E-state index in [2.05, 4.69) is 11.4 Å². The van der Waals surface area contributed by atoms with Crippen LogP contribution in [0.3, 0.4) is 0 Å². The van der Waals surface area contributed by atoms with E-state index in [4.69, 9.17) is 4.74 Å². The molecule has 2 saturated carbocycles. The first-order valence-corrected chi connectivity index (χ1v) is 18.3. The number of ether oxygens (including phenoxy) is 1. The molecule has 3 amide bonds. The van der Waals surface area contributed by atoms with Gasteiger partial charge in [0.1, 0.15) is 6.54 Å². The minimum absolute atomic E-state index is 0.00213. The van der Waals surface area contributed by atoms with Gasteiger partial charge in [0, 0.05) is 26.6 Å². The first-order chi connectivity index (χ1) is 22.7. The number of rotatable bonds is 7. The van der Waals surface area contributed by atoms with E-state index in [1.54, 1.807) is 58.9 Å². The van der Waals surface area contributed by atoms with Crippen LogP contribution in [0.15, 0.2) is 75.9 Å². The van der Waals surface area contributed by atoms with Gasteiger partial charge in [-0.15, -0.1) is 23.1 Å². The number of esters is 1. The molecule has 4 aromatic rings. The van der Waals surface area contributed by atoms with Crippen LogP contribution < -0.4 is 15.1 Å². The first-order valence-electron chi connectivity index (χ1n) is 15.7. The van der Waals surface area contributed by atoms with E-state index in [1.165, 1.54) is 16.2 Å². The van der Waals surface area contributed by atoms with Crippen LogP contribution in [0.25, 0.3) is 0 Å². The van der Waals surface area contributed by atoms with Crippen molar-refractivity contribution in [2.45, 2.75) is 43.0 Å². The molecule has 7 unspecified atom stereocenters. The van der Waals surface area contributed by atoms with Crippen molar-refractivity contribution >= 4 is 69.5 Å². The molecule has 3 fully saturated rings. The molecule has 47 heavy (non-hydrogen) atoms. The van der Waals surface area contributed by atoms with E-state index in [9.17, 15) is 24.0 Å². The van der Waals surface area contributed by atoms with Crippen LogP contribution >= 0.6 is 34.4 Å². The quantitative estimate of drug-likeness (QED) is 0.194. The lowest BCUT2D eigenvalue weighted by atomic mass is 9.69. The van der Waals surface area contributed by atoms with Crippen molar-refractivity contribution in [3.05, 3.63) is 96.6 Å². The van der Waals surface area contributed by atoms with Gasteiger partial charge >= 0.3 is 10.8 Å². The molecule has 0 spiro atoms. The van der Waals surface area contributed by atoms with Crippen LogP contribution in [0, 0.1) is 36.5 Å². The fourth-order valence-corrected chi connectivity index (χ4v) is 12.3. The molecule has 2 bridgehead atoms. The maximum atomic E-state index is 14.0. The zero-order chi connectivity index (χ0) is 32.6. The molecular formula is C35H31N3O6S3. The summed E-state index contributed by atoms with van der Waals surface area (Å²) in [5, 5.41) is 5.70. The molecule has 4 aliphatic rings. The van der Waals surface area contributed by atoms with E-state index in [0.717, 1.165) is 26.8 Å². The highest BCUT2D eigenvalue weighted by molar-refractivity contribution is 8.00. The molecule has 12 heteroatoms. The number of benzene rings is 2. The maximum absolute atomic E-state index is 14.0. The SMILES string of the molecule is CCOC(=O)c1ccc(NC(=O)Cn2c3c(sc2=O)C(c2cccs2)C2C4CC(C2S3)C2C(=O)N(c3ccc(C)cc3)C(=O)C42)cc1.